The molecule has 90 valence electrons. The molecule has 2 N–H and O–H groups in total. The van der Waals surface area contributed by atoms with Crippen LogP contribution in [0.4, 0.5) is 0 Å². The number of benzene rings is 1. The summed E-state index contributed by atoms with van der Waals surface area (Å²) in [6.07, 6.45) is 4.14. The third kappa shape index (κ3) is 2.39. The Morgan fingerprint density at radius 2 is 2.12 bits per heavy atom. The minimum atomic E-state index is -0.778. The zero-order chi connectivity index (χ0) is 12.5. The van der Waals surface area contributed by atoms with Crippen molar-refractivity contribution in [2.24, 2.45) is 5.41 Å². The first kappa shape index (κ1) is 11.9. The molecule has 1 aromatic carbocycles. The molecule has 0 radical (unpaired) electrons. The SMILES string of the molecule is CC(C)(CNC1C=Cc2ccccc21)C(=O)O. The van der Waals surface area contributed by atoms with E-state index in [0.717, 1.165) is 0 Å². The molecule has 1 aromatic rings. The first-order valence-corrected chi connectivity index (χ1v) is 5.74. The third-order valence-electron chi connectivity index (χ3n) is 3.14. The van der Waals surface area contributed by atoms with Crippen LogP contribution in [0.1, 0.15) is 31.0 Å². The molecule has 1 aliphatic carbocycles. The second-order valence-corrected chi connectivity index (χ2v) is 5.04. The molecule has 17 heavy (non-hydrogen) atoms. The molecule has 3 heteroatoms. The quantitative estimate of drug-likeness (QED) is 0.836. The van der Waals surface area contributed by atoms with Crippen molar-refractivity contribution in [2.75, 3.05) is 6.54 Å². The number of rotatable bonds is 4. The fourth-order valence-corrected chi connectivity index (χ4v) is 1.87. The predicted molar refractivity (Wildman–Crippen MR) is 67.6 cm³/mol. The molecular formula is C14H17NO2. The summed E-state index contributed by atoms with van der Waals surface area (Å²) < 4.78 is 0. The van der Waals surface area contributed by atoms with Crippen molar-refractivity contribution >= 4 is 12.0 Å². The van der Waals surface area contributed by atoms with Crippen molar-refractivity contribution in [2.45, 2.75) is 19.9 Å². The molecule has 1 aliphatic rings. The molecule has 0 saturated carbocycles. The maximum absolute atomic E-state index is 11.0. The predicted octanol–water partition coefficient (Wildman–Crippen LogP) is 2.45. The summed E-state index contributed by atoms with van der Waals surface area (Å²) >= 11 is 0. The summed E-state index contributed by atoms with van der Waals surface area (Å²) in [5.74, 6) is -0.778. The number of aliphatic carboxylic acids is 1. The number of nitrogens with one attached hydrogen (secondary N) is 1. The Bertz CT molecular complexity index is 463. The Morgan fingerprint density at radius 1 is 1.41 bits per heavy atom. The van der Waals surface area contributed by atoms with Crippen LogP contribution in [0.5, 0.6) is 0 Å². The lowest BCUT2D eigenvalue weighted by Gasteiger charge is -2.22. The zero-order valence-electron chi connectivity index (χ0n) is 10.1. The summed E-state index contributed by atoms with van der Waals surface area (Å²) in [6, 6.07) is 8.27. The molecule has 0 aromatic heterocycles. The highest BCUT2D eigenvalue weighted by atomic mass is 16.4. The summed E-state index contributed by atoms with van der Waals surface area (Å²) in [5.41, 5.74) is 1.68. The van der Waals surface area contributed by atoms with E-state index in [1.54, 1.807) is 13.8 Å². The van der Waals surface area contributed by atoms with Crippen LogP contribution in [0.25, 0.3) is 6.08 Å². The molecule has 0 fully saturated rings. The van der Waals surface area contributed by atoms with Crippen LogP contribution in [0, 0.1) is 5.41 Å². The lowest BCUT2D eigenvalue weighted by Crippen LogP contribution is -2.37. The average Bonchev–Trinajstić information content (AvgIpc) is 2.69. The molecule has 3 nitrogen and oxygen atoms in total. The highest BCUT2D eigenvalue weighted by molar-refractivity contribution is 5.74. The van der Waals surface area contributed by atoms with E-state index in [9.17, 15) is 4.79 Å². The third-order valence-corrected chi connectivity index (χ3v) is 3.14. The number of carbonyl (C=O) groups is 1. The van der Waals surface area contributed by atoms with Crippen molar-refractivity contribution in [3.05, 3.63) is 41.5 Å². The van der Waals surface area contributed by atoms with Gasteiger partial charge in [-0.15, -0.1) is 0 Å². The Kier molecular flexibility index (Phi) is 3.03. The van der Waals surface area contributed by atoms with Crippen molar-refractivity contribution in [1.29, 1.82) is 0 Å². The van der Waals surface area contributed by atoms with Crippen LogP contribution in [-0.4, -0.2) is 17.6 Å². The standard InChI is InChI=1S/C14H17NO2/c1-14(2,13(16)17)9-15-12-8-7-10-5-3-4-6-11(10)12/h3-8,12,15H,9H2,1-2H3,(H,16,17). The average molecular weight is 231 g/mol. The molecule has 0 saturated heterocycles. The number of hydrogen-bond donors (Lipinski definition) is 2. The Morgan fingerprint density at radius 3 is 2.82 bits per heavy atom. The van der Waals surface area contributed by atoms with Gasteiger partial charge in [-0.2, -0.15) is 0 Å². The Balaban J connectivity index is 2.04. The summed E-state index contributed by atoms with van der Waals surface area (Å²) in [7, 11) is 0. The molecule has 0 aliphatic heterocycles. The van der Waals surface area contributed by atoms with E-state index in [2.05, 4.69) is 29.6 Å². The first-order valence-electron chi connectivity index (χ1n) is 5.74. The van der Waals surface area contributed by atoms with Crippen LogP contribution in [-0.2, 0) is 4.79 Å². The van der Waals surface area contributed by atoms with E-state index in [1.807, 2.05) is 12.1 Å². The maximum atomic E-state index is 11.0. The van der Waals surface area contributed by atoms with E-state index in [4.69, 9.17) is 5.11 Å². The molecular weight excluding hydrogens is 214 g/mol. The van der Waals surface area contributed by atoms with Crippen LogP contribution in [0.15, 0.2) is 30.3 Å². The van der Waals surface area contributed by atoms with Crippen molar-refractivity contribution in [3.8, 4) is 0 Å². The van der Waals surface area contributed by atoms with Gasteiger partial charge in [0.1, 0.15) is 0 Å². The van der Waals surface area contributed by atoms with E-state index in [0.29, 0.717) is 6.54 Å². The van der Waals surface area contributed by atoms with Gasteiger partial charge in [-0.1, -0.05) is 36.4 Å². The Labute approximate surface area is 101 Å². The largest absolute Gasteiger partial charge is 0.481 e. The van der Waals surface area contributed by atoms with E-state index in [-0.39, 0.29) is 6.04 Å². The van der Waals surface area contributed by atoms with Gasteiger partial charge in [-0.05, 0) is 25.0 Å². The molecule has 2 rings (SSSR count). The highest BCUT2D eigenvalue weighted by Crippen LogP contribution is 2.28. The van der Waals surface area contributed by atoms with Gasteiger partial charge in [-0.3, -0.25) is 4.79 Å². The van der Waals surface area contributed by atoms with Gasteiger partial charge in [0, 0.05) is 6.54 Å². The second kappa shape index (κ2) is 4.34. The number of carboxylic acid groups (broad SMARTS) is 1. The van der Waals surface area contributed by atoms with Gasteiger partial charge in [0.05, 0.1) is 11.5 Å². The normalized spacial score (nSPS) is 18.1. The Hall–Kier alpha value is -1.61. The van der Waals surface area contributed by atoms with Crippen LogP contribution in [0.3, 0.4) is 0 Å². The van der Waals surface area contributed by atoms with Crippen LogP contribution < -0.4 is 5.32 Å². The van der Waals surface area contributed by atoms with Crippen molar-refractivity contribution in [3.63, 3.8) is 0 Å². The molecule has 1 atom stereocenters. The molecule has 1 unspecified atom stereocenters. The van der Waals surface area contributed by atoms with Gasteiger partial charge in [0.2, 0.25) is 0 Å². The van der Waals surface area contributed by atoms with Gasteiger partial charge in [-0.25, -0.2) is 0 Å². The summed E-state index contributed by atoms with van der Waals surface area (Å²) in [6.45, 7) is 3.91. The first-order chi connectivity index (χ1) is 8.00. The number of hydrogen-bond acceptors (Lipinski definition) is 2. The fraction of sp³-hybridized carbons (Fsp3) is 0.357. The van der Waals surface area contributed by atoms with Gasteiger partial charge in [0.25, 0.3) is 0 Å². The molecule has 0 bridgehead atoms. The summed E-state index contributed by atoms with van der Waals surface area (Å²) in [4.78, 5) is 11.0. The summed E-state index contributed by atoms with van der Waals surface area (Å²) in [5, 5.41) is 12.3. The van der Waals surface area contributed by atoms with E-state index >= 15 is 0 Å². The van der Waals surface area contributed by atoms with Gasteiger partial charge in [0.15, 0.2) is 0 Å². The fourth-order valence-electron chi connectivity index (χ4n) is 1.87. The van der Waals surface area contributed by atoms with E-state index < -0.39 is 11.4 Å². The lowest BCUT2D eigenvalue weighted by atomic mass is 9.93. The minimum Gasteiger partial charge on any atom is -0.481 e. The number of fused-ring (bicyclic) bond motifs is 1. The lowest BCUT2D eigenvalue weighted by molar-refractivity contribution is -0.146. The zero-order valence-corrected chi connectivity index (χ0v) is 10.1. The second-order valence-electron chi connectivity index (χ2n) is 5.04. The van der Waals surface area contributed by atoms with Crippen molar-refractivity contribution < 1.29 is 9.90 Å². The van der Waals surface area contributed by atoms with Crippen molar-refractivity contribution in [1.82, 2.24) is 5.32 Å². The molecule has 0 amide bonds. The number of carboxylic acids is 1. The smallest absolute Gasteiger partial charge is 0.310 e. The van der Waals surface area contributed by atoms with Crippen LogP contribution >= 0.6 is 0 Å². The topological polar surface area (TPSA) is 49.3 Å². The molecule has 0 heterocycles. The van der Waals surface area contributed by atoms with Crippen LogP contribution in [0.2, 0.25) is 0 Å². The highest BCUT2D eigenvalue weighted by Gasteiger charge is 2.28. The monoisotopic (exact) mass is 231 g/mol. The minimum absolute atomic E-state index is 0.129. The maximum Gasteiger partial charge on any atom is 0.310 e. The van der Waals surface area contributed by atoms with Gasteiger partial charge < -0.3 is 10.4 Å². The molecule has 0 spiro atoms. The van der Waals surface area contributed by atoms with Gasteiger partial charge >= 0.3 is 5.97 Å². The van der Waals surface area contributed by atoms with E-state index in [1.165, 1.54) is 11.1 Å².